The van der Waals surface area contributed by atoms with E-state index in [-0.39, 0.29) is 17.7 Å². The Morgan fingerprint density at radius 1 is 1.68 bits per heavy atom. The third-order valence-electron chi connectivity index (χ3n) is 2.42. The molecule has 0 aromatic heterocycles. The zero-order chi connectivity index (χ0) is 14.6. The summed E-state index contributed by atoms with van der Waals surface area (Å²) in [5, 5.41) is 22.2. The molecule has 0 aliphatic carbocycles. The van der Waals surface area contributed by atoms with E-state index in [1.807, 2.05) is 0 Å². The van der Waals surface area contributed by atoms with E-state index < -0.39 is 28.4 Å². The molecular weight excluding hydrogens is 255 g/mol. The number of anilines is 1. The lowest BCUT2D eigenvalue weighted by molar-refractivity contribution is -0.384. The fourth-order valence-corrected chi connectivity index (χ4v) is 1.44. The molecule has 1 aromatic rings. The fraction of sp³-hybridized carbons (Fsp3) is 0.250. The number of aliphatic carboxylic acids is 1. The number of carboxylic acids is 1. The van der Waals surface area contributed by atoms with Gasteiger partial charge in [0.05, 0.1) is 11.0 Å². The number of terminal acetylenes is 1. The van der Waals surface area contributed by atoms with Crippen LogP contribution in [0, 0.1) is 35.2 Å². The third kappa shape index (κ3) is 3.42. The SMILES string of the molecule is C#CCC(Nc1cc(C)c(F)cc1[N+](=O)[O-])C(=O)O. The van der Waals surface area contributed by atoms with Crippen LogP contribution in [0.1, 0.15) is 12.0 Å². The lowest BCUT2D eigenvalue weighted by Crippen LogP contribution is -2.29. The lowest BCUT2D eigenvalue weighted by atomic mass is 10.1. The number of aryl methyl sites for hydroxylation is 1. The molecule has 0 amide bonds. The van der Waals surface area contributed by atoms with Crippen LogP contribution in [0.2, 0.25) is 0 Å². The number of nitro benzene ring substituents is 1. The van der Waals surface area contributed by atoms with E-state index in [1.54, 1.807) is 0 Å². The Morgan fingerprint density at radius 2 is 2.32 bits per heavy atom. The van der Waals surface area contributed by atoms with Crippen molar-refractivity contribution in [3.63, 3.8) is 0 Å². The molecule has 100 valence electrons. The number of nitrogens with zero attached hydrogens (tertiary/aromatic N) is 1. The summed E-state index contributed by atoms with van der Waals surface area (Å²) in [6.07, 6.45) is 4.88. The molecule has 0 aliphatic heterocycles. The van der Waals surface area contributed by atoms with Crippen LogP contribution in [-0.4, -0.2) is 22.0 Å². The number of hydrogen-bond acceptors (Lipinski definition) is 4. The number of carboxylic acid groups (broad SMARTS) is 1. The van der Waals surface area contributed by atoms with Gasteiger partial charge in [0.25, 0.3) is 5.69 Å². The van der Waals surface area contributed by atoms with E-state index >= 15 is 0 Å². The van der Waals surface area contributed by atoms with Gasteiger partial charge in [-0.1, -0.05) is 0 Å². The van der Waals surface area contributed by atoms with E-state index in [2.05, 4.69) is 11.2 Å². The van der Waals surface area contributed by atoms with Crippen molar-refractivity contribution in [1.82, 2.24) is 0 Å². The number of carbonyl (C=O) groups is 1. The summed E-state index contributed by atoms with van der Waals surface area (Å²) in [4.78, 5) is 20.9. The van der Waals surface area contributed by atoms with Crippen LogP contribution < -0.4 is 5.32 Å². The number of halogens is 1. The standard InChI is InChI=1S/C12H11FN2O4/c1-3-4-9(12(16)17)14-10-5-7(2)8(13)6-11(10)15(18)19/h1,5-6,9,14H,4H2,2H3,(H,16,17). The van der Waals surface area contributed by atoms with Crippen LogP contribution in [0.3, 0.4) is 0 Å². The predicted molar refractivity (Wildman–Crippen MR) is 66.3 cm³/mol. The van der Waals surface area contributed by atoms with Crippen molar-refractivity contribution in [3.8, 4) is 12.3 Å². The first kappa shape index (κ1) is 14.4. The van der Waals surface area contributed by atoms with Gasteiger partial charge in [0.15, 0.2) is 0 Å². The molecule has 1 aromatic carbocycles. The molecule has 0 fully saturated rings. The van der Waals surface area contributed by atoms with Crippen molar-refractivity contribution in [1.29, 1.82) is 0 Å². The monoisotopic (exact) mass is 266 g/mol. The number of nitrogens with one attached hydrogen (secondary N) is 1. The van der Waals surface area contributed by atoms with Crippen molar-refractivity contribution in [3.05, 3.63) is 33.6 Å². The first-order valence-electron chi connectivity index (χ1n) is 5.24. The van der Waals surface area contributed by atoms with Crippen molar-refractivity contribution in [2.45, 2.75) is 19.4 Å². The number of rotatable bonds is 5. The molecule has 0 bridgehead atoms. The van der Waals surface area contributed by atoms with Crippen molar-refractivity contribution in [2.24, 2.45) is 0 Å². The zero-order valence-corrected chi connectivity index (χ0v) is 10.0. The number of benzene rings is 1. The van der Waals surface area contributed by atoms with E-state index in [1.165, 1.54) is 13.0 Å². The van der Waals surface area contributed by atoms with Gasteiger partial charge in [0.1, 0.15) is 17.5 Å². The molecule has 2 N–H and O–H groups in total. The molecule has 1 rings (SSSR count). The number of nitro groups is 1. The molecule has 7 heteroatoms. The maximum atomic E-state index is 13.3. The third-order valence-corrected chi connectivity index (χ3v) is 2.42. The predicted octanol–water partition coefficient (Wildman–Crippen LogP) is 1.93. The van der Waals surface area contributed by atoms with Gasteiger partial charge >= 0.3 is 5.97 Å². The molecule has 1 atom stereocenters. The average Bonchev–Trinajstić information content (AvgIpc) is 2.32. The molecule has 0 saturated carbocycles. The van der Waals surface area contributed by atoms with Gasteiger partial charge in [-0.05, 0) is 18.6 Å². The van der Waals surface area contributed by atoms with Crippen molar-refractivity contribution in [2.75, 3.05) is 5.32 Å². The highest BCUT2D eigenvalue weighted by atomic mass is 19.1. The molecule has 6 nitrogen and oxygen atoms in total. The van der Waals surface area contributed by atoms with Gasteiger partial charge in [-0.15, -0.1) is 12.3 Å². The summed E-state index contributed by atoms with van der Waals surface area (Å²) in [6.45, 7) is 1.42. The van der Waals surface area contributed by atoms with Gasteiger partial charge in [-0.3, -0.25) is 10.1 Å². The second-order valence-corrected chi connectivity index (χ2v) is 3.82. The van der Waals surface area contributed by atoms with E-state index in [0.717, 1.165) is 6.07 Å². The van der Waals surface area contributed by atoms with Gasteiger partial charge in [0.2, 0.25) is 0 Å². The maximum Gasteiger partial charge on any atom is 0.327 e. The second-order valence-electron chi connectivity index (χ2n) is 3.82. The van der Waals surface area contributed by atoms with Crippen LogP contribution in [0.15, 0.2) is 12.1 Å². The quantitative estimate of drug-likeness (QED) is 0.482. The smallest absolute Gasteiger partial charge is 0.327 e. The highest BCUT2D eigenvalue weighted by Crippen LogP contribution is 2.28. The normalized spacial score (nSPS) is 11.4. The lowest BCUT2D eigenvalue weighted by Gasteiger charge is -2.14. The first-order chi connectivity index (χ1) is 8.86. The molecule has 0 spiro atoms. The summed E-state index contributed by atoms with van der Waals surface area (Å²) in [5.41, 5.74) is -0.448. The van der Waals surface area contributed by atoms with Crippen LogP contribution in [0.4, 0.5) is 15.8 Å². The summed E-state index contributed by atoms with van der Waals surface area (Å²) >= 11 is 0. The Labute approximate surface area is 108 Å². The summed E-state index contributed by atoms with van der Waals surface area (Å²) in [7, 11) is 0. The highest BCUT2D eigenvalue weighted by Gasteiger charge is 2.22. The minimum Gasteiger partial charge on any atom is -0.480 e. The van der Waals surface area contributed by atoms with Crippen LogP contribution >= 0.6 is 0 Å². The zero-order valence-electron chi connectivity index (χ0n) is 10.0. The summed E-state index contributed by atoms with van der Waals surface area (Å²) < 4.78 is 13.3. The van der Waals surface area contributed by atoms with Crippen molar-refractivity contribution >= 4 is 17.3 Å². The Hall–Kier alpha value is -2.62. The maximum absolute atomic E-state index is 13.3. The fourth-order valence-electron chi connectivity index (χ4n) is 1.44. The van der Waals surface area contributed by atoms with E-state index in [0.29, 0.717) is 0 Å². The Kier molecular flexibility index (Phi) is 4.42. The molecule has 0 aliphatic rings. The van der Waals surface area contributed by atoms with Gasteiger partial charge in [-0.2, -0.15) is 0 Å². The van der Waals surface area contributed by atoms with E-state index in [9.17, 15) is 19.3 Å². The Balaban J connectivity index is 3.18. The first-order valence-corrected chi connectivity index (χ1v) is 5.24. The summed E-state index contributed by atoms with van der Waals surface area (Å²) in [5.74, 6) is 0.180. The topological polar surface area (TPSA) is 92.5 Å². The van der Waals surface area contributed by atoms with Gasteiger partial charge < -0.3 is 10.4 Å². The molecule has 0 saturated heterocycles. The van der Waals surface area contributed by atoms with E-state index in [4.69, 9.17) is 11.5 Å². The number of hydrogen-bond donors (Lipinski definition) is 2. The molecule has 0 heterocycles. The highest BCUT2D eigenvalue weighted by molar-refractivity contribution is 5.79. The minimum absolute atomic E-state index is 0.0773. The average molecular weight is 266 g/mol. The Bertz CT molecular complexity index is 566. The molecular formula is C12H11FN2O4. The van der Waals surface area contributed by atoms with Gasteiger partial charge in [0, 0.05) is 6.42 Å². The van der Waals surface area contributed by atoms with Crippen LogP contribution in [0.25, 0.3) is 0 Å². The largest absolute Gasteiger partial charge is 0.480 e. The van der Waals surface area contributed by atoms with Crippen LogP contribution in [-0.2, 0) is 4.79 Å². The van der Waals surface area contributed by atoms with Crippen LogP contribution in [0.5, 0.6) is 0 Å². The minimum atomic E-state index is -1.24. The summed E-state index contributed by atoms with van der Waals surface area (Å²) in [6, 6.07) is 0.750. The Morgan fingerprint density at radius 3 is 2.79 bits per heavy atom. The molecule has 0 radical (unpaired) electrons. The molecule has 19 heavy (non-hydrogen) atoms. The van der Waals surface area contributed by atoms with Gasteiger partial charge in [-0.25, -0.2) is 9.18 Å². The van der Waals surface area contributed by atoms with Crippen molar-refractivity contribution < 1.29 is 19.2 Å². The second kappa shape index (κ2) is 5.82. The molecule has 1 unspecified atom stereocenters.